The van der Waals surface area contributed by atoms with Crippen LogP contribution in [0.5, 0.6) is 5.75 Å². The summed E-state index contributed by atoms with van der Waals surface area (Å²) in [6, 6.07) is 11.5. The van der Waals surface area contributed by atoms with Gasteiger partial charge in [0, 0.05) is 21.2 Å². The van der Waals surface area contributed by atoms with Gasteiger partial charge in [0.15, 0.2) is 0 Å². The molecule has 0 saturated carbocycles. The molecule has 0 aromatic heterocycles. The Morgan fingerprint density at radius 3 is 2.21 bits per heavy atom. The van der Waals surface area contributed by atoms with Gasteiger partial charge in [0.1, 0.15) is 12.3 Å². The Morgan fingerprint density at radius 1 is 0.964 bits per heavy atom. The maximum atomic E-state index is 12.6. The van der Waals surface area contributed by atoms with Crippen LogP contribution in [0.4, 0.5) is 0 Å². The molecule has 0 bridgehead atoms. The first kappa shape index (κ1) is 19.9. The smallest absolute Gasteiger partial charge is 0.322 e. The summed E-state index contributed by atoms with van der Waals surface area (Å²) in [6.45, 7) is -1.19. The lowest BCUT2D eigenvalue weighted by Gasteiger charge is -2.18. The number of aliphatic hydroxyl groups excluding tert-OH is 1. The van der Waals surface area contributed by atoms with Crippen LogP contribution in [0.2, 0.25) is 10.0 Å². The van der Waals surface area contributed by atoms with Crippen molar-refractivity contribution in [2.75, 3.05) is 6.54 Å². The molecule has 28 heavy (non-hydrogen) atoms. The third-order valence-corrected chi connectivity index (χ3v) is 4.76. The summed E-state index contributed by atoms with van der Waals surface area (Å²) in [5.74, 6) is -2.43. The molecule has 0 atom stereocenters. The average molecular weight is 420 g/mol. The van der Waals surface area contributed by atoms with Crippen molar-refractivity contribution in [3.8, 4) is 16.9 Å². The number of carbonyl (C=O) groups excluding carboxylic acids is 1. The number of hydrogen-bond donors (Lipinski definition) is 4. The first-order valence-electron chi connectivity index (χ1n) is 8.17. The number of amides is 1. The number of benzene rings is 3. The fourth-order valence-electron chi connectivity index (χ4n) is 3.08. The van der Waals surface area contributed by atoms with E-state index in [4.69, 9.17) is 28.3 Å². The van der Waals surface area contributed by atoms with Crippen LogP contribution in [0.1, 0.15) is 15.9 Å². The Hall–Kier alpha value is -2.80. The topological polar surface area (TPSA) is 107 Å². The average Bonchev–Trinajstić information content (AvgIpc) is 2.66. The van der Waals surface area contributed by atoms with Gasteiger partial charge in [0.25, 0.3) is 5.91 Å². The molecule has 0 unspecified atom stereocenters. The second-order valence-electron chi connectivity index (χ2n) is 6.01. The van der Waals surface area contributed by atoms with E-state index in [2.05, 4.69) is 5.32 Å². The van der Waals surface area contributed by atoms with Gasteiger partial charge in [-0.15, -0.1) is 0 Å². The van der Waals surface area contributed by atoms with E-state index in [0.29, 0.717) is 31.9 Å². The molecule has 4 N–H and O–H groups in total. The largest absolute Gasteiger partial charge is 0.506 e. The highest BCUT2D eigenvalue weighted by molar-refractivity contribution is 6.32. The Bertz CT molecular complexity index is 1080. The summed E-state index contributed by atoms with van der Waals surface area (Å²) in [7, 11) is 0. The van der Waals surface area contributed by atoms with E-state index in [1.54, 1.807) is 42.5 Å². The maximum Gasteiger partial charge on any atom is 0.322 e. The normalized spacial score (nSPS) is 10.8. The minimum absolute atomic E-state index is 0.149. The van der Waals surface area contributed by atoms with Crippen molar-refractivity contribution >= 4 is 45.9 Å². The Morgan fingerprint density at radius 2 is 1.61 bits per heavy atom. The highest BCUT2D eigenvalue weighted by Gasteiger charge is 2.25. The van der Waals surface area contributed by atoms with Crippen LogP contribution in [-0.4, -0.2) is 33.7 Å². The van der Waals surface area contributed by atoms with Gasteiger partial charge in [0.05, 0.1) is 12.2 Å². The summed E-state index contributed by atoms with van der Waals surface area (Å²) < 4.78 is 0. The summed E-state index contributed by atoms with van der Waals surface area (Å²) in [6.07, 6.45) is 0. The highest BCUT2D eigenvalue weighted by Crippen LogP contribution is 2.43. The number of aliphatic carboxylic acids is 1. The number of rotatable bonds is 5. The highest BCUT2D eigenvalue weighted by atomic mass is 35.5. The molecule has 3 rings (SSSR count). The van der Waals surface area contributed by atoms with E-state index in [1.807, 2.05) is 0 Å². The number of hydrogen-bond acceptors (Lipinski definition) is 4. The summed E-state index contributed by atoms with van der Waals surface area (Å²) in [4.78, 5) is 23.4. The van der Waals surface area contributed by atoms with Crippen molar-refractivity contribution < 1.29 is 24.9 Å². The third kappa shape index (κ3) is 3.75. The van der Waals surface area contributed by atoms with E-state index in [-0.39, 0.29) is 16.9 Å². The fourth-order valence-corrected chi connectivity index (χ4v) is 3.37. The van der Waals surface area contributed by atoms with Crippen LogP contribution in [0.15, 0.2) is 42.5 Å². The zero-order valence-corrected chi connectivity index (χ0v) is 15.9. The quantitative estimate of drug-likeness (QED) is 0.502. The Balaban J connectivity index is 2.35. The molecule has 0 aliphatic carbocycles. The van der Waals surface area contributed by atoms with E-state index in [0.717, 1.165) is 0 Å². The first-order chi connectivity index (χ1) is 13.3. The number of carboxylic acid groups (broad SMARTS) is 1. The molecule has 0 fully saturated rings. The number of aliphatic hydroxyl groups is 1. The molecule has 6 nitrogen and oxygen atoms in total. The predicted molar refractivity (Wildman–Crippen MR) is 107 cm³/mol. The zero-order valence-electron chi connectivity index (χ0n) is 14.4. The second kappa shape index (κ2) is 8.06. The summed E-state index contributed by atoms with van der Waals surface area (Å²) >= 11 is 12.0. The van der Waals surface area contributed by atoms with E-state index < -0.39 is 25.0 Å². The zero-order chi connectivity index (χ0) is 20.4. The van der Waals surface area contributed by atoms with Gasteiger partial charge in [0.2, 0.25) is 0 Å². The van der Waals surface area contributed by atoms with Crippen molar-refractivity contribution in [3.05, 3.63) is 63.6 Å². The molecule has 3 aromatic carbocycles. The molecule has 1 amide bonds. The minimum Gasteiger partial charge on any atom is -0.506 e. The maximum absolute atomic E-state index is 12.6. The molecule has 0 aliphatic rings. The number of halogens is 2. The lowest BCUT2D eigenvalue weighted by molar-refractivity contribution is -0.135. The summed E-state index contributed by atoms with van der Waals surface area (Å²) in [5, 5.41) is 33.8. The van der Waals surface area contributed by atoms with Gasteiger partial charge in [-0.2, -0.15) is 0 Å². The molecule has 0 radical (unpaired) electrons. The van der Waals surface area contributed by atoms with E-state index >= 15 is 0 Å². The number of phenolic OH excluding ortho intramolecular Hbond substituents is 1. The van der Waals surface area contributed by atoms with Crippen molar-refractivity contribution in [2.24, 2.45) is 0 Å². The van der Waals surface area contributed by atoms with Gasteiger partial charge in [-0.1, -0.05) is 41.4 Å². The molecule has 0 spiro atoms. The molecule has 8 heteroatoms. The number of nitrogens with one attached hydrogen (secondary N) is 1. The Kier molecular flexibility index (Phi) is 5.74. The molecular weight excluding hydrogens is 405 g/mol. The minimum atomic E-state index is -1.24. The second-order valence-corrected chi connectivity index (χ2v) is 6.88. The molecular formula is C20H15Cl2NO5. The lowest BCUT2D eigenvalue weighted by Crippen LogP contribution is -2.30. The van der Waals surface area contributed by atoms with Gasteiger partial charge >= 0.3 is 5.97 Å². The van der Waals surface area contributed by atoms with Gasteiger partial charge in [-0.3, -0.25) is 9.59 Å². The van der Waals surface area contributed by atoms with Crippen LogP contribution >= 0.6 is 23.2 Å². The third-order valence-electron chi connectivity index (χ3n) is 4.27. The Labute approximate surface area is 169 Å². The number of phenols is 1. The van der Waals surface area contributed by atoms with Crippen molar-refractivity contribution in [2.45, 2.75) is 6.61 Å². The molecule has 3 aromatic rings. The molecule has 0 saturated heterocycles. The summed E-state index contributed by atoms with van der Waals surface area (Å²) in [5.41, 5.74) is 0.881. The molecule has 144 valence electrons. The van der Waals surface area contributed by atoms with Crippen LogP contribution in [0, 0.1) is 0 Å². The van der Waals surface area contributed by atoms with Crippen molar-refractivity contribution in [1.29, 1.82) is 0 Å². The number of carboxylic acids is 1. The van der Waals surface area contributed by atoms with Crippen LogP contribution < -0.4 is 5.32 Å². The number of fused-ring (bicyclic) bond motifs is 1. The van der Waals surface area contributed by atoms with E-state index in [1.165, 1.54) is 0 Å². The first-order valence-corrected chi connectivity index (χ1v) is 8.93. The van der Waals surface area contributed by atoms with Crippen LogP contribution in [0.3, 0.4) is 0 Å². The van der Waals surface area contributed by atoms with Gasteiger partial charge in [-0.25, -0.2) is 0 Å². The molecule has 0 aliphatic heterocycles. The van der Waals surface area contributed by atoms with Gasteiger partial charge < -0.3 is 20.6 Å². The van der Waals surface area contributed by atoms with Crippen molar-refractivity contribution in [1.82, 2.24) is 5.32 Å². The lowest BCUT2D eigenvalue weighted by atomic mass is 9.89. The predicted octanol–water partition coefficient (Wildman–Crippen LogP) is 3.83. The van der Waals surface area contributed by atoms with Gasteiger partial charge in [-0.05, 0) is 40.6 Å². The fraction of sp³-hybridized carbons (Fsp3) is 0.100. The van der Waals surface area contributed by atoms with Crippen LogP contribution in [-0.2, 0) is 11.4 Å². The molecule has 0 heterocycles. The number of aromatic hydroxyl groups is 1. The van der Waals surface area contributed by atoms with E-state index in [9.17, 15) is 19.8 Å². The number of carbonyl (C=O) groups is 2. The van der Waals surface area contributed by atoms with Crippen molar-refractivity contribution in [3.63, 3.8) is 0 Å². The standard InChI is InChI=1S/C20H15Cl2NO5/c21-11-3-1-10(2-4-11)17-13-6-5-12(22)7-14(13)15(9-24)18(19(17)27)20(28)23-8-16(25)26/h1-7,24,27H,8-9H2,(H,23,28)(H,25,26). The monoisotopic (exact) mass is 419 g/mol. The van der Waals surface area contributed by atoms with Crippen LogP contribution in [0.25, 0.3) is 21.9 Å². The SMILES string of the molecule is O=C(O)CNC(=O)c1c(O)c(-c2ccc(Cl)cc2)c2ccc(Cl)cc2c1CO.